The lowest BCUT2D eigenvalue weighted by Gasteiger charge is -2.26. The summed E-state index contributed by atoms with van der Waals surface area (Å²) in [5, 5.41) is 7.10. The van der Waals surface area contributed by atoms with Crippen LogP contribution < -0.4 is 19.5 Å². The molecule has 1 N–H and O–H groups in total. The van der Waals surface area contributed by atoms with Crippen LogP contribution in [0.4, 0.5) is 5.69 Å². The molecule has 1 aromatic heterocycles. The topological polar surface area (TPSA) is 74.6 Å². The van der Waals surface area contributed by atoms with Gasteiger partial charge >= 0.3 is 0 Å². The lowest BCUT2D eigenvalue weighted by atomic mass is 10.2. The Kier molecular flexibility index (Phi) is 5.14. The number of amides is 1. The van der Waals surface area contributed by atoms with Gasteiger partial charge in [0.05, 0.1) is 18.4 Å². The molecule has 7 heteroatoms. The highest BCUT2D eigenvalue weighted by Gasteiger charge is 2.22. The van der Waals surface area contributed by atoms with Crippen molar-refractivity contribution in [2.75, 3.05) is 11.9 Å². The van der Waals surface area contributed by atoms with Gasteiger partial charge in [-0.05, 0) is 31.2 Å². The first-order valence-electron chi connectivity index (χ1n) is 9.11. The van der Waals surface area contributed by atoms with Gasteiger partial charge in [-0.3, -0.25) is 9.48 Å². The van der Waals surface area contributed by atoms with Gasteiger partial charge in [-0.25, -0.2) is 0 Å². The summed E-state index contributed by atoms with van der Waals surface area (Å²) in [7, 11) is 0. The summed E-state index contributed by atoms with van der Waals surface area (Å²) in [6.07, 6.45) is 2.58. The van der Waals surface area contributed by atoms with Crippen LogP contribution in [-0.4, -0.2) is 34.5 Å². The van der Waals surface area contributed by atoms with Gasteiger partial charge in [0.15, 0.2) is 23.7 Å². The van der Waals surface area contributed by atoms with Gasteiger partial charge < -0.3 is 19.5 Å². The number of ether oxygens (including phenoxy) is 3. The Morgan fingerprint density at radius 3 is 2.79 bits per heavy atom. The van der Waals surface area contributed by atoms with Crippen LogP contribution in [0.1, 0.15) is 6.92 Å². The molecule has 1 aliphatic rings. The van der Waals surface area contributed by atoms with E-state index in [9.17, 15) is 4.79 Å². The van der Waals surface area contributed by atoms with Crippen LogP contribution in [0.3, 0.4) is 0 Å². The summed E-state index contributed by atoms with van der Waals surface area (Å²) in [5.41, 5.74) is 0.602. The largest absolute Gasteiger partial charge is 0.486 e. The van der Waals surface area contributed by atoms with E-state index in [-0.39, 0.29) is 12.0 Å². The number of nitrogens with one attached hydrogen (secondary N) is 1. The van der Waals surface area contributed by atoms with E-state index in [2.05, 4.69) is 10.4 Å². The molecular formula is C21H21N3O4. The van der Waals surface area contributed by atoms with Crippen LogP contribution in [0.5, 0.6) is 17.2 Å². The predicted molar refractivity (Wildman–Crippen MR) is 104 cm³/mol. The number of fused-ring (bicyclic) bond motifs is 1. The van der Waals surface area contributed by atoms with Gasteiger partial charge in [0.25, 0.3) is 5.91 Å². The maximum absolute atomic E-state index is 12.3. The lowest BCUT2D eigenvalue weighted by molar-refractivity contribution is -0.122. The molecule has 0 saturated heterocycles. The highest BCUT2D eigenvalue weighted by molar-refractivity contribution is 5.93. The number of para-hydroxylation sites is 3. The van der Waals surface area contributed by atoms with Gasteiger partial charge in [0.2, 0.25) is 0 Å². The van der Waals surface area contributed by atoms with Gasteiger partial charge in [-0.15, -0.1) is 0 Å². The second-order valence-electron chi connectivity index (χ2n) is 6.51. The maximum atomic E-state index is 12.3. The van der Waals surface area contributed by atoms with E-state index in [0.717, 1.165) is 11.5 Å². The summed E-state index contributed by atoms with van der Waals surface area (Å²) in [4.78, 5) is 12.3. The number of carbonyl (C=O) groups is 1. The average molecular weight is 379 g/mol. The molecule has 0 saturated carbocycles. The molecule has 0 radical (unpaired) electrons. The minimum atomic E-state index is -0.627. The standard InChI is InChI=1S/C21H21N3O4/c1-15(27-17-7-3-2-4-8-17)21(25)23-16-11-22-24(12-16)13-18-14-26-19-9-5-6-10-20(19)28-18/h2-12,15,18H,13-14H2,1H3,(H,23,25). The molecule has 28 heavy (non-hydrogen) atoms. The van der Waals surface area contributed by atoms with E-state index in [1.165, 1.54) is 0 Å². The van der Waals surface area contributed by atoms with Crippen molar-refractivity contribution in [2.45, 2.75) is 25.7 Å². The SMILES string of the molecule is CC(Oc1ccccc1)C(=O)Nc1cnn(CC2COc3ccccc3O2)c1. The Morgan fingerprint density at radius 2 is 1.96 bits per heavy atom. The summed E-state index contributed by atoms with van der Waals surface area (Å²) in [6, 6.07) is 16.8. The lowest BCUT2D eigenvalue weighted by Crippen LogP contribution is -2.33. The molecule has 2 atom stereocenters. The van der Waals surface area contributed by atoms with E-state index < -0.39 is 6.10 Å². The van der Waals surface area contributed by atoms with E-state index >= 15 is 0 Å². The smallest absolute Gasteiger partial charge is 0.265 e. The number of hydrogen-bond donors (Lipinski definition) is 1. The van der Waals surface area contributed by atoms with E-state index in [1.54, 1.807) is 24.0 Å². The Hall–Kier alpha value is -3.48. The van der Waals surface area contributed by atoms with Gasteiger partial charge in [0, 0.05) is 6.20 Å². The minimum absolute atomic E-state index is 0.154. The number of carbonyl (C=O) groups excluding carboxylic acids is 1. The second-order valence-corrected chi connectivity index (χ2v) is 6.51. The zero-order chi connectivity index (χ0) is 19.3. The van der Waals surface area contributed by atoms with E-state index in [0.29, 0.717) is 24.6 Å². The molecular weight excluding hydrogens is 358 g/mol. The van der Waals surface area contributed by atoms with Crippen molar-refractivity contribution in [1.29, 1.82) is 0 Å². The van der Waals surface area contributed by atoms with Gasteiger partial charge in [-0.2, -0.15) is 5.10 Å². The van der Waals surface area contributed by atoms with Crippen molar-refractivity contribution in [3.63, 3.8) is 0 Å². The summed E-state index contributed by atoms with van der Waals surface area (Å²) in [6.45, 7) is 2.66. The third kappa shape index (κ3) is 4.25. The van der Waals surface area contributed by atoms with Crippen molar-refractivity contribution in [2.24, 2.45) is 0 Å². The summed E-state index contributed by atoms with van der Waals surface area (Å²) < 4.78 is 19.0. The van der Waals surface area contributed by atoms with Gasteiger partial charge in [-0.1, -0.05) is 30.3 Å². The van der Waals surface area contributed by atoms with Crippen molar-refractivity contribution < 1.29 is 19.0 Å². The van der Waals surface area contributed by atoms with Crippen LogP contribution in [0, 0.1) is 0 Å². The second kappa shape index (κ2) is 8.04. The Bertz CT molecular complexity index is 942. The molecule has 1 aliphatic heterocycles. The summed E-state index contributed by atoms with van der Waals surface area (Å²) >= 11 is 0. The van der Waals surface area contributed by atoms with Crippen molar-refractivity contribution >= 4 is 11.6 Å². The summed E-state index contributed by atoms with van der Waals surface area (Å²) in [5.74, 6) is 1.89. The first kappa shape index (κ1) is 17.9. The zero-order valence-electron chi connectivity index (χ0n) is 15.4. The number of aromatic nitrogens is 2. The molecule has 0 fully saturated rings. The molecule has 3 aromatic rings. The third-order valence-corrected chi connectivity index (χ3v) is 4.28. The number of benzene rings is 2. The third-order valence-electron chi connectivity index (χ3n) is 4.28. The molecule has 2 heterocycles. The van der Waals surface area contributed by atoms with Gasteiger partial charge in [0.1, 0.15) is 12.4 Å². The van der Waals surface area contributed by atoms with E-state index in [1.807, 2.05) is 54.6 Å². The van der Waals surface area contributed by atoms with Crippen molar-refractivity contribution in [1.82, 2.24) is 9.78 Å². The maximum Gasteiger partial charge on any atom is 0.265 e. The van der Waals surface area contributed by atoms with E-state index in [4.69, 9.17) is 14.2 Å². The van der Waals surface area contributed by atoms with Crippen LogP contribution in [0.25, 0.3) is 0 Å². The first-order valence-corrected chi connectivity index (χ1v) is 9.11. The quantitative estimate of drug-likeness (QED) is 0.712. The Labute approximate surface area is 162 Å². The predicted octanol–water partition coefficient (Wildman–Crippen LogP) is 3.13. The monoisotopic (exact) mass is 379 g/mol. The van der Waals surface area contributed by atoms with Crippen LogP contribution in [-0.2, 0) is 11.3 Å². The van der Waals surface area contributed by atoms with Crippen LogP contribution in [0.15, 0.2) is 67.0 Å². The molecule has 2 unspecified atom stereocenters. The number of nitrogens with zero attached hydrogens (tertiary/aromatic N) is 2. The highest BCUT2D eigenvalue weighted by atomic mass is 16.6. The average Bonchev–Trinajstić information content (AvgIpc) is 3.15. The minimum Gasteiger partial charge on any atom is -0.486 e. The Balaban J connectivity index is 1.31. The number of rotatable bonds is 6. The molecule has 144 valence electrons. The molecule has 0 bridgehead atoms. The van der Waals surface area contributed by atoms with Crippen molar-refractivity contribution in [3.8, 4) is 17.2 Å². The number of anilines is 1. The van der Waals surface area contributed by atoms with Crippen LogP contribution in [0.2, 0.25) is 0 Å². The zero-order valence-corrected chi connectivity index (χ0v) is 15.4. The fraction of sp³-hybridized carbons (Fsp3) is 0.238. The molecule has 2 aromatic carbocycles. The first-order chi connectivity index (χ1) is 13.7. The molecule has 7 nitrogen and oxygen atoms in total. The molecule has 0 aliphatic carbocycles. The van der Waals surface area contributed by atoms with Crippen molar-refractivity contribution in [3.05, 3.63) is 67.0 Å². The fourth-order valence-electron chi connectivity index (χ4n) is 2.89. The molecule has 0 spiro atoms. The Morgan fingerprint density at radius 1 is 1.21 bits per heavy atom. The molecule has 1 amide bonds. The number of hydrogen-bond acceptors (Lipinski definition) is 5. The normalized spacial score (nSPS) is 16.2. The fourth-order valence-corrected chi connectivity index (χ4v) is 2.89. The molecule has 4 rings (SSSR count). The highest BCUT2D eigenvalue weighted by Crippen LogP contribution is 2.31. The van der Waals surface area contributed by atoms with Crippen LogP contribution >= 0.6 is 0 Å².